The van der Waals surface area contributed by atoms with Gasteiger partial charge in [0.2, 0.25) is 5.92 Å². The molecular formula is C14H18F2O. The van der Waals surface area contributed by atoms with Crippen molar-refractivity contribution in [1.29, 1.82) is 0 Å². The summed E-state index contributed by atoms with van der Waals surface area (Å²) in [5, 5.41) is 10.2. The summed E-state index contributed by atoms with van der Waals surface area (Å²) in [7, 11) is 0. The van der Waals surface area contributed by atoms with Crippen molar-refractivity contribution in [1.82, 2.24) is 0 Å². The monoisotopic (exact) mass is 240 g/mol. The second-order valence-electron chi connectivity index (χ2n) is 5.05. The van der Waals surface area contributed by atoms with Crippen LogP contribution in [0.15, 0.2) is 24.3 Å². The Morgan fingerprint density at radius 3 is 2.24 bits per heavy atom. The third kappa shape index (κ3) is 3.03. The van der Waals surface area contributed by atoms with Crippen LogP contribution in [0.5, 0.6) is 0 Å². The van der Waals surface area contributed by atoms with E-state index in [1.165, 1.54) is 0 Å². The van der Waals surface area contributed by atoms with Gasteiger partial charge < -0.3 is 5.11 Å². The van der Waals surface area contributed by atoms with E-state index < -0.39 is 12.0 Å². The number of hydrogen-bond acceptors (Lipinski definition) is 1. The summed E-state index contributed by atoms with van der Waals surface area (Å²) >= 11 is 0. The Kier molecular flexibility index (Phi) is 3.48. The van der Waals surface area contributed by atoms with Gasteiger partial charge in [0.25, 0.3) is 0 Å². The first-order valence-corrected chi connectivity index (χ1v) is 6.10. The normalized spacial score (nSPS) is 22.4. The Bertz CT molecular complexity index is 362. The van der Waals surface area contributed by atoms with Gasteiger partial charge >= 0.3 is 0 Å². The van der Waals surface area contributed by atoms with E-state index >= 15 is 0 Å². The molecule has 1 N–H and O–H groups in total. The smallest absolute Gasteiger partial charge is 0.248 e. The Morgan fingerprint density at radius 2 is 1.71 bits per heavy atom. The molecule has 0 amide bonds. The first-order chi connectivity index (χ1) is 7.98. The van der Waals surface area contributed by atoms with Gasteiger partial charge in [-0.15, -0.1) is 0 Å². The average molecular weight is 240 g/mol. The number of aryl methyl sites for hydroxylation is 1. The molecule has 1 aromatic carbocycles. The fourth-order valence-electron chi connectivity index (χ4n) is 2.41. The van der Waals surface area contributed by atoms with Crippen LogP contribution in [0.1, 0.15) is 42.9 Å². The molecule has 1 atom stereocenters. The van der Waals surface area contributed by atoms with E-state index in [2.05, 4.69) is 0 Å². The van der Waals surface area contributed by atoms with Gasteiger partial charge in [-0.05, 0) is 31.2 Å². The highest BCUT2D eigenvalue weighted by Crippen LogP contribution is 2.41. The molecule has 2 rings (SSSR count). The molecule has 0 saturated heterocycles. The zero-order valence-electron chi connectivity index (χ0n) is 10.00. The summed E-state index contributed by atoms with van der Waals surface area (Å²) in [5.74, 6) is -2.55. The lowest BCUT2D eigenvalue weighted by atomic mass is 9.81. The van der Waals surface area contributed by atoms with Crippen molar-refractivity contribution >= 4 is 0 Å². The van der Waals surface area contributed by atoms with Crippen LogP contribution in [0.3, 0.4) is 0 Å². The van der Waals surface area contributed by atoms with Crippen LogP contribution >= 0.6 is 0 Å². The highest BCUT2D eigenvalue weighted by Gasteiger charge is 2.37. The quantitative estimate of drug-likeness (QED) is 0.832. The standard InChI is InChI=1S/C14H18F2O/c1-10-2-4-11(5-3-10)13(17)12-6-8-14(15,16)9-7-12/h2-5,12-13,17H,6-9H2,1H3. The Morgan fingerprint density at radius 1 is 1.18 bits per heavy atom. The zero-order valence-corrected chi connectivity index (χ0v) is 10.00. The van der Waals surface area contributed by atoms with Crippen LogP contribution < -0.4 is 0 Å². The number of benzene rings is 1. The van der Waals surface area contributed by atoms with E-state index in [0.29, 0.717) is 12.8 Å². The molecule has 0 aromatic heterocycles. The summed E-state index contributed by atoms with van der Waals surface area (Å²) in [5.41, 5.74) is 1.97. The first kappa shape index (κ1) is 12.5. The Balaban J connectivity index is 2.01. The summed E-state index contributed by atoms with van der Waals surface area (Å²) in [6.45, 7) is 1.98. The third-order valence-corrected chi connectivity index (χ3v) is 3.63. The highest BCUT2D eigenvalue weighted by atomic mass is 19.3. The molecule has 1 nitrogen and oxygen atoms in total. The predicted octanol–water partition coefficient (Wildman–Crippen LogP) is 3.85. The van der Waals surface area contributed by atoms with Gasteiger partial charge in [0.1, 0.15) is 0 Å². The SMILES string of the molecule is Cc1ccc(C(O)C2CCC(F)(F)CC2)cc1. The molecule has 1 fully saturated rings. The summed E-state index contributed by atoms with van der Waals surface area (Å²) in [6.07, 6.45) is 0.0114. The van der Waals surface area contributed by atoms with Gasteiger partial charge in [0.15, 0.2) is 0 Å². The molecule has 1 aromatic rings. The number of rotatable bonds is 2. The fraction of sp³-hybridized carbons (Fsp3) is 0.571. The molecule has 1 aliphatic rings. The molecular weight excluding hydrogens is 222 g/mol. The lowest BCUT2D eigenvalue weighted by molar-refractivity contribution is -0.0627. The minimum Gasteiger partial charge on any atom is -0.388 e. The molecule has 17 heavy (non-hydrogen) atoms. The minimum atomic E-state index is -2.52. The van der Waals surface area contributed by atoms with Gasteiger partial charge in [0.05, 0.1) is 6.10 Å². The van der Waals surface area contributed by atoms with Crippen molar-refractivity contribution in [3.63, 3.8) is 0 Å². The fourth-order valence-corrected chi connectivity index (χ4v) is 2.41. The Labute approximate surface area is 100 Å². The zero-order chi connectivity index (χ0) is 12.5. The first-order valence-electron chi connectivity index (χ1n) is 6.10. The van der Waals surface area contributed by atoms with E-state index in [1.54, 1.807) is 0 Å². The van der Waals surface area contributed by atoms with Gasteiger partial charge in [-0.1, -0.05) is 29.8 Å². The molecule has 94 valence electrons. The van der Waals surface area contributed by atoms with Gasteiger partial charge in [-0.3, -0.25) is 0 Å². The van der Waals surface area contributed by atoms with Gasteiger partial charge in [0, 0.05) is 12.8 Å². The van der Waals surface area contributed by atoms with Gasteiger partial charge in [-0.25, -0.2) is 8.78 Å². The third-order valence-electron chi connectivity index (χ3n) is 3.63. The summed E-state index contributed by atoms with van der Waals surface area (Å²) < 4.78 is 26.0. The van der Waals surface area contributed by atoms with E-state index in [1.807, 2.05) is 31.2 Å². The van der Waals surface area contributed by atoms with Gasteiger partial charge in [-0.2, -0.15) is 0 Å². The molecule has 0 aliphatic heterocycles. The molecule has 1 aliphatic carbocycles. The van der Waals surface area contributed by atoms with Crippen LogP contribution in [0.4, 0.5) is 8.78 Å². The number of halogens is 2. The van der Waals surface area contributed by atoms with E-state index in [-0.39, 0.29) is 18.8 Å². The van der Waals surface area contributed by atoms with Crippen molar-refractivity contribution in [2.45, 2.75) is 44.6 Å². The van der Waals surface area contributed by atoms with Crippen molar-refractivity contribution in [2.24, 2.45) is 5.92 Å². The number of hydrogen-bond donors (Lipinski definition) is 1. The van der Waals surface area contributed by atoms with Crippen molar-refractivity contribution < 1.29 is 13.9 Å². The molecule has 0 spiro atoms. The van der Waals surface area contributed by atoms with Crippen LogP contribution in [-0.4, -0.2) is 11.0 Å². The van der Waals surface area contributed by atoms with E-state index in [9.17, 15) is 13.9 Å². The molecule has 1 saturated carbocycles. The molecule has 0 bridgehead atoms. The number of aliphatic hydroxyl groups is 1. The van der Waals surface area contributed by atoms with Crippen LogP contribution in [0.2, 0.25) is 0 Å². The molecule has 0 heterocycles. The largest absolute Gasteiger partial charge is 0.388 e. The van der Waals surface area contributed by atoms with Crippen molar-refractivity contribution in [3.05, 3.63) is 35.4 Å². The highest BCUT2D eigenvalue weighted by molar-refractivity contribution is 5.23. The maximum absolute atomic E-state index is 13.0. The number of aliphatic hydroxyl groups excluding tert-OH is 1. The second kappa shape index (κ2) is 4.73. The molecule has 1 unspecified atom stereocenters. The Hall–Kier alpha value is -0.960. The summed E-state index contributed by atoms with van der Waals surface area (Å²) in [6, 6.07) is 7.64. The van der Waals surface area contributed by atoms with E-state index in [4.69, 9.17) is 0 Å². The van der Waals surface area contributed by atoms with Crippen molar-refractivity contribution in [3.8, 4) is 0 Å². The second-order valence-corrected chi connectivity index (χ2v) is 5.05. The lowest BCUT2D eigenvalue weighted by Gasteiger charge is -2.31. The molecule has 0 radical (unpaired) electrons. The van der Waals surface area contributed by atoms with Crippen molar-refractivity contribution in [2.75, 3.05) is 0 Å². The van der Waals surface area contributed by atoms with Crippen LogP contribution in [0, 0.1) is 12.8 Å². The summed E-state index contributed by atoms with van der Waals surface area (Å²) in [4.78, 5) is 0. The maximum atomic E-state index is 13.0. The predicted molar refractivity (Wildman–Crippen MR) is 63.0 cm³/mol. The average Bonchev–Trinajstić information content (AvgIpc) is 2.29. The van der Waals surface area contributed by atoms with Crippen LogP contribution in [0.25, 0.3) is 0 Å². The topological polar surface area (TPSA) is 20.2 Å². The minimum absolute atomic E-state index is 0.0302. The van der Waals surface area contributed by atoms with Crippen LogP contribution in [-0.2, 0) is 0 Å². The maximum Gasteiger partial charge on any atom is 0.248 e. The van der Waals surface area contributed by atoms with E-state index in [0.717, 1.165) is 11.1 Å². The number of alkyl halides is 2. The molecule has 3 heteroatoms. The lowest BCUT2D eigenvalue weighted by Crippen LogP contribution is -2.27.